The number of benzene rings is 1. The summed E-state index contributed by atoms with van der Waals surface area (Å²) in [6.45, 7) is 4.38. The number of aryl methyl sites for hydroxylation is 1. The molecule has 0 spiro atoms. The summed E-state index contributed by atoms with van der Waals surface area (Å²) in [6, 6.07) is 7.32. The van der Waals surface area contributed by atoms with Crippen molar-refractivity contribution in [2.45, 2.75) is 38.5 Å². The Bertz CT molecular complexity index is 665. The fourth-order valence-corrected chi connectivity index (χ4v) is 2.90. The molecule has 0 saturated carbocycles. The second-order valence-corrected chi connectivity index (χ2v) is 5.67. The van der Waals surface area contributed by atoms with Crippen LogP contribution in [0.4, 0.5) is 0 Å². The molecule has 1 aliphatic rings. The Hall–Kier alpha value is -1.85. The van der Waals surface area contributed by atoms with E-state index in [4.69, 9.17) is 4.42 Å². The SMILES string of the molecule is Cc1c(C(C)NC(=O)C2CC(O)CN2)oc2ccccc12. The topological polar surface area (TPSA) is 74.5 Å². The van der Waals surface area contributed by atoms with Crippen molar-refractivity contribution in [3.05, 3.63) is 35.6 Å². The van der Waals surface area contributed by atoms with E-state index in [2.05, 4.69) is 10.6 Å². The van der Waals surface area contributed by atoms with Gasteiger partial charge in [0.05, 0.1) is 18.2 Å². The van der Waals surface area contributed by atoms with Crippen molar-refractivity contribution in [3.63, 3.8) is 0 Å². The first-order valence-electron chi connectivity index (χ1n) is 7.26. The molecule has 3 N–H and O–H groups in total. The van der Waals surface area contributed by atoms with E-state index < -0.39 is 6.10 Å². The van der Waals surface area contributed by atoms with E-state index in [9.17, 15) is 9.90 Å². The van der Waals surface area contributed by atoms with Crippen LogP contribution in [0.2, 0.25) is 0 Å². The van der Waals surface area contributed by atoms with Gasteiger partial charge in [0.2, 0.25) is 5.91 Å². The van der Waals surface area contributed by atoms with Crippen LogP contribution in [0.15, 0.2) is 28.7 Å². The van der Waals surface area contributed by atoms with E-state index in [0.29, 0.717) is 13.0 Å². The number of aliphatic hydroxyl groups excluding tert-OH is 1. The van der Waals surface area contributed by atoms with E-state index in [1.807, 2.05) is 38.1 Å². The summed E-state index contributed by atoms with van der Waals surface area (Å²) in [5.41, 5.74) is 1.89. The van der Waals surface area contributed by atoms with Gasteiger partial charge in [0.25, 0.3) is 0 Å². The molecular weight excluding hydrogens is 268 g/mol. The Kier molecular flexibility index (Phi) is 3.69. The molecule has 0 aliphatic carbocycles. The fourth-order valence-electron chi connectivity index (χ4n) is 2.90. The zero-order chi connectivity index (χ0) is 15.0. The van der Waals surface area contributed by atoms with Crippen LogP contribution in [0.1, 0.15) is 30.7 Å². The molecule has 2 heterocycles. The fraction of sp³-hybridized carbons (Fsp3) is 0.438. The van der Waals surface area contributed by atoms with Crippen LogP contribution in [0, 0.1) is 6.92 Å². The van der Waals surface area contributed by atoms with Crippen molar-refractivity contribution in [2.75, 3.05) is 6.54 Å². The lowest BCUT2D eigenvalue weighted by atomic mass is 10.1. The normalized spacial score (nSPS) is 23.4. The number of fused-ring (bicyclic) bond motifs is 1. The third-order valence-corrected chi connectivity index (χ3v) is 4.06. The highest BCUT2D eigenvalue weighted by Gasteiger charge is 2.29. The van der Waals surface area contributed by atoms with Gasteiger partial charge in [0, 0.05) is 17.5 Å². The Morgan fingerprint density at radius 3 is 2.90 bits per heavy atom. The average molecular weight is 288 g/mol. The summed E-state index contributed by atoms with van der Waals surface area (Å²) in [5.74, 6) is 0.682. The molecule has 21 heavy (non-hydrogen) atoms. The number of hydrogen-bond acceptors (Lipinski definition) is 4. The highest BCUT2D eigenvalue weighted by Crippen LogP contribution is 2.29. The first-order chi connectivity index (χ1) is 10.1. The van der Waals surface area contributed by atoms with Crippen molar-refractivity contribution in [3.8, 4) is 0 Å². The molecule has 1 amide bonds. The molecule has 3 rings (SSSR count). The van der Waals surface area contributed by atoms with E-state index in [-0.39, 0.29) is 18.0 Å². The van der Waals surface area contributed by atoms with Crippen LogP contribution in [0.25, 0.3) is 11.0 Å². The van der Waals surface area contributed by atoms with E-state index in [1.165, 1.54) is 0 Å². The molecule has 1 aromatic carbocycles. The summed E-state index contributed by atoms with van der Waals surface area (Å²) < 4.78 is 5.86. The molecule has 1 fully saturated rings. The van der Waals surface area contributed by atoms with Gasteiger partial charge < -0.3 is 20.2 Å². The maximum atomic E-state index is 12.2. The number of rotatable bonds is 3. The minimum absolute atomic E-state index is 0.0982. The van der Waals surface area contributed by atoms with Crippen molar-refractivity contribution in [1.29, 1.82) is 0 Å². The number of furan rings is 1. The van der Waals surface area contributed by atoms with Gasteiger partial charge in [-0.25, -0.2) is 0 Å². The lowest BCUT2D eigenvalue weighted by Gasteiger charge is -2.16. The standard InChI is InChI=1S/C16H20N2O3/c1-9-12-5-3-4-6-14(12)21-15(9)10(2)18-16(20)13-7-11(19)8-17-13/h3-6,10-11,13,17,19H,7-8H2,1-2H3,(H,18,20). The first-order valence-corrected chi connectivity index (χ1v) is 7.26. The number of nitrogens with one attached hydrogen (secondary N) is 2. The maximum Gasteiger partial charge on any atom is 0.237 e. The Morgan fingerprint density at radius 1 is 1.48 bits per heavy atom. The molecule has 112 valence electrons. The van der Waals surface area contributed by atoms with Crippen molar-refractivity contribution < 1.29 is 14.3 Å². The van der Waals surface area contributed by atoms with E-state index in [0.717, 1.165) is 22.3 Å². The second-order valence-electron chi connectivity index (χ2n) is 5.67. The first kappa shape index (κ1) is 14.1. The predicted octanol–water partition coefficient (Wildman–Crippen LogP) is 1.64. The summed E-state index contributed by atoms with van der Waals surface area (Å²) in [7, 11) is 0. The van der Waals surface area contributed by atoms with Gasteiger partial charge in [-0.1, -0.05) is 18.2 Å². The van der Waals surface area contributed by atoms with E-state index in [1.54, 1.807) is 0 Å². The summed E-state index contributed by atoms with van der Waals surface area (Å²) >= 11 is 0. The maximum absolute atomic E-state index is 12.2. The van der Waals surface area contributed by atoms with Crippen LogP contribution in [-0.2, 0) is 4.79 Å². The lowest BCUT2D eigenvalue weighted by molar-refractivity contribution is -0.123. The van der Waals surface area contributed by atoms with Crippen molar-refractivity contribution in [1.82, 2.24) is 10.6 Å². The number of hydrogen-bond donors (Lipinski definition) is 3. The minimum atomic E-state index is -0.441. The van der Waals surface area contributed by atoms with Crippen LogP contribution >= 0.6 is 0 Å². The van der Waals surface area contributed by atoms with Gasteiger partial charge in [-0.3, -0.25) is 4.79 Å². The zero-order valence-electron chi connectivity index (χ0n) is 12.2. The average Bonchev–Trinajstić information content (AvgIpc) is 3.04. The van der Waals surface area contributed by atoms with Gasteiger partial charge in [-0.15, -0.1) is 0 Å². The zero-order valence-corrected chi connectivity index (χ0v) is 12.2. The Balaban J connectivity index is 1.76. The molecule has 0 radical (unpaired) electrons. The summed E-state index contributed by atoms with van der Waals surface area (Å²) in [6.07, 6.45) is 0.0153. The van der Waals surface area contributed by atoms with Gasteiger partial charge in [0.1, 0.15) is 11.3 Å². The smallest absolute Gasteiger partial charge is 0.237 e. The Morgan fingerprint density at radius 2 is 2.24 bits per heavy atom. The van der Waals surface area contributed by atoms with Gasteiger partial charge >= 0.3 is 0 Å². The molecule has 3 unspecified atom stereocenters. The number of para-hydroxylation sites is 1. The van der Waals surface area contributed by atoms with Crippen LogP contribution in [-0.4, -0.2) is 29.7 Å². The quantitative estimate of drug-likeness (QED) is 0.802. The van der Waals surface area contributed by atoms with Crippen LogP contribution in [0.3, 0.4) is 0 Å². The molecule has 0 bridgehead atoms. The molecule has 5 nitrogen and oxygen atoms in total. The second kappa shape index (κ2) is 5.50. The van der Waals surface area contributed by atoms with Gasteiger partial charge in [-0.2, -0.15) is 0 Å². The molecular formula is C16H20N2O3. The summed E-state index contributed by atoms with van der Waals surface area (Å²) in [4.78, 5) is 12.2. The minimum Gasteiger partial charge on any atom is -0.459 e. The number of carbonyl (C=O) groups excluding carboxylic acids is 1. The third-order valence-electron chi connectivity index (χ3n) is 4.06. The molecule has 1 saturated heterocycles. The number of amides is 1. The largest absolute Gasteiger partial charge is 0.459 e. The number of carbonyl (C=O) groups is 1. The molecule has 3 atom stereocenters. The van der Waals surface area contributed by atoms with Gasteiger partial charge in [0.15, 0.2) is 0 Å². The molecule has 2 aromatic rings. The molecule has 1 aromatic heterocycles. The predicted molar refractivity (Wildman–Crippen MR) is 79.9 cm³/mol. The highest BCUT2D eigenvalue weighted by molar-refractivity contribution is 5.84. The summed E-state index contributed by atoms with van der Waals surface area (Å²) in [5, 5.41) is 16.5. The van der Waals surface area contributed by atoms with Gasteiger partial charge in [-0.05, 0) is 26.3 Å². The third kappa shape index (κ3) is 2.66. The van der Waals surface area contributed by atoms with E-state index >= 15 is 0 Å². The van der Waals surface area contributed by atoms with Crippen LogP contribution in [0.5, 0.6) is 0 Å². The number of aliphatic hydroxyl groups is 1. The Labute approximate surface area is 123 Å². The van der Waals surface area contributed by atoms with Crippen LogP contribution < -0.4 is 10.6 Å². The highest BCUT2D eigenvalue weighted by atomic mass is 16.3. The number of β-amino-alcohol motifs (C(OH)–C–C–N with tert-alkyl or cyclic N) is 1. The van der Waals surface area contributed by atoms with Crippen molar-refractivity contribution >= 4 is 16.9 Å². The van der Waals surface area contributed by atoms with Crippen molar-refractivity contribution in [2.24, 2.45) is 0 Å². The molecule has 5 heteroatoms. The molecule has 1 aliphatic heterocycles. The monoisotopic (exact) mass is 288 g/mol. The lowest BCUT2D eigenvalue weighted by Crippen LogP contribution is -2.41.